The average Bonchev–Trinajstić information content (AvgIpc) is 3.14. The van der Waals surface area contributed by atoms with E-state index >= 15 is 0 Å². The molecule has 1 aliphatic rings. The van der Waals surface area contributed by atoms with E-state index in [1.165, 1.54) is 18.2 Å². The molecule has 2 amide bonds. The van der Waals surface area contributed by atoms with Gasteiger partial charge in [0, 0.05) is 25.7 Å². The summed E-state index contributed by atoms with van der Waals surface area (Å²) >= 11 is 0. The number of amides is 2. The van der Waals surface area contributed by atoms with Crippen molar-refractivity contribution in [3.8, 4) is 0 Å². The maximum absolute atomic E-state index is 11.8. The van der Waals surface area contributed by atoms with Gasteiger partial charge in [-0.15, -0.1) is 0 Å². The second-order valence-corrected chi connectivity index (χ2v) is 6.07. The van der Waals surface area contributed by atoms with Crippen molar-refractivity contribution in [3.05, 3.63) is 48.2 Å². The van der Waals surface area contributed by atoms with Gasteiger partial charge in [-0.25, -0.2) is 9.78 Å². The first-order chi connectivity index (χ1) is 12.1. The molecule has 0 bridgehead atoms. The number of benzene rings is 1. The van der Waals surface area contributed by atoms with E-state index in [4.69, 9.17) is 9.15 Å². The molecule has 1 aliphatic heterocycles. The minimum atomic E-state index is -0.543. The number of carbonyl (C=O) groups excluding carboxylic acids is 2. The van der Waals surface area contributed by atoms with Crippen LogP contribution in [0.25, 0.3) is 0 Å². The Balaban J connectivity index is 1.48. The minimum Gasteiger partial charge on any atom is -0.445 e. The summed E-state index contributed by atoms with van der Waals surface area (Å²) < 4.78 is 10.0. The summed E-state index contributed by atoms with van der Waals surface area (Å²) in [5.74, 6) is 1.08. The van der Waals surface area contributed by atoms with E-state index in [0.717, 1.165) is 25.9 Å². The molecule has 1 fully saturated rings. The van der Waals surface area contributed by atoms with Crippen molar-refractivity contribution in [2.45, 2.75) is 32.3 Å². The van der Waals surface area contributed by atoms with E-state index < -0.39 is 6.09 Å². The molecule has 2 aromatic rings. The van der Waals surface area contributed by atoms with E-state index in [-0.39, 0.29) is 12.5 Å². The number of hydrogen-bond acceptors (Lipinski definition) is 5. The van der Waals surface area contributed by atoms with E-state index in [0.29, 0.717) is 17.4 Å². The number of ether oxygens (including phenoxy) is 1. The largest absolute Gasteiger partial charge is 0.445 e. The zero-order valence-electron chi connectivity index (χ0n) is 14.1. The summed E-state index contributed by atoms with van der Waals surface area (Å²) in [7, 11) is 0. The van der Waals surface area contributed by atoms with Crippen LogP contribution in [0.1, 0.15) is 37.0 Å². The van der Waals surface area contributed by atoms with Gasteiger partial charge >= 0.3 is 6.09 Å². The van der Waals surface area contributed by atoms with Crippen molar-refractivity contribution in [2.24, 2.45) is 0 Å². The number of oxazole rings is 1. The fraction of sp³-hybridized carbons (Fsp3) is 0.389. The molecule has 7 nitrogen and oxygen atoms in total. The van der Waals surface area contributed by atoms with Crippen molar-refractivity contribution in [3.63, 3.8) is 0 Å². The topological polar surface area (TPSA) is 84.7 Å². The highest BCUT2D eigenvalue weighted by molar-refractivity contribution is 5.84. The zero-order chi connectivity index (χ0) is 17.6. The van der Waals surface area contributed by atoms with Crippen LogP contribution >= 0.6 is 0 Å². The van der Waals surface area contributed by atoms with Gasteiger partial charge in [0.1, 0.15) is 0 Å². The molecule has 1 aromatic heterocycles. The molecule has 0 saturated carbocycles. The van der Waals surface area contributed by atoms with Crippen LogP contribution in [-0.2, 0) is 16.1 Å². The number of anilines is 1. The van der Waals surface area contributed by atoms with Crippen LogP contribution in [0, 0.1) is 0 Å². The summed E-state index contributed by atoms with van der Waals surface area (Å²) in [5.41, 5.74) is 1.90. The fourth-order valence-electron chi connectivity index (χ4n) is 2.97. The smallest absolute Gasteiger partial charge is 0.412 e. The molecule has 25 heavy (non-hydrogen) atoms. The molecule has 0 aliphatic carbocycles. The van der Waals surface area contributed by atoms with Crippen molar-refractivity contribution in [2.75, 3.05) is 18.4 Å². The fourth-order valence-corrected chi connectivity index (χ4v) is 2.97. The first kappa shape index (κ1) is 17.0. The lowest BCUT2D eigenvalue weighted by Crippen LogP contribution is -2.36. The normalized spacial score (nSPS) is 15.0. The molecule has 2 heterocycles. The van der Waals surface area contributed by atoms with Gasteiger partial charge in [-0.05, 0) is 36.5 Å². The summed E-state index contributed by atoms with van der Waals surface area (Å²) in [6.45, 7) is 3.25. The van der Waals surface area contributed by atoms with Crippen LogP contribution in [-0.4, -0.2) is 35.0 Å². The maximum atomic E-state index is 11.8. The minimum absolute atomic E-state index is 0.0403. The van der Waals surface area contributed by atoms with Crippen molar-refractivity contribution in [1.82, 2.24) is 9.88 Å². The number of hydrogen-bond donors (Lipinski definition) is 1. The van der Waals surface area contributed by atoms with Gasteiger partial charge in [0.2, 0.25) is 5.91 Å². The van der Waals surface area contributed by atoms with Gasteiger partial charge in [-0.1, -0.05) is 12.1 Å². The molecular formula is C18H21N3O4. The van der Waals surface area contributed by atoms with Gasteiger partial charge in [0.15, 0.2) is 18.8 Å². The van der Waals surface area contributed by atoms with Crippen LogP contribution in [0.4, 0.5) is 10.5 Å². The molecule has 0 unspecified atom stereocenters. The molecule has 0 spiro atoms. The number of carbonyl (C=O) groups is 2. The zero-order valence-corrected chi connectivity index (χ0v) is 14.1. The monoisotopic (exact) mass is 343 g/mol. The lowest BCUT2D eigenvalue weighted by molar-refractivity contribution is -0.129. The second-order valence-electron chi connectivity index (χ2n) is 6.07. The summed E-state index contributed by atoms with van der Waals surface area (Å²) in [6.07, 6.45) is 4.17. The van der Waals surface area contributed by atoms with Crippen molar-refractivity contribution >= 4 is 17.7 Å². The lowest BCUT2D eigenvalue weighted by Gasteiger charge is -2.31. The van der Waals surface area contributed by atoms with Crippen molar-refractivity contribution in [1.29, 1.82) is 0 Å². The Labute approximate surface area is 146 Å². The first-order valence-electron chi connectivity index (χ1n) is 8.28. The molecule has 0 atom stereocenters. The third-order valence-corrected chi connectivity index (χ3v) is 4.40. The molecule has 7 heteroatoms. The predicted molar refractivity (Wildman–Crippen MR) is 91.0 cm³/mol. The molecule has 3 rings (SSSR count). The quantitative estimate of drug-likeness (QED) is 0.922. The molecule has 0 radical (unpaired) electrons. The number of rotatable bonds is 4. The highest BCUT2D eigenvalue weighted by atomic mass is 16.6. The maximum Gasteiger partial charge on any atom is 0.412 e. The number of likely N-dealkylation sites (tertiary alicyclic amines) is 1. The lowest BCUT2D eigenvalue weighted by atomic mass is 9.89. The summed E-state index contributed by atoms with van der Waals surface area (Å²) in [4.78, 5) is 28.8. The third-order valence-electron chi connectivity index (χ3n) is 4.40. The van der Waals surface area contributed by atoms with E-state index in [1.807, 2.05) is 29.2 Å². The number of aromatic nitrogens is 1. The Bertz CT molecular complexity index is 704. The number of piperidine rings is 1. The van der Waals surface area contributed by atoms with Gasteiger partial charge in [0.25, 0.3) is 0 Å². The SMILES string of the molecule is CC(=O)N1CCC(c2ccc(NC(=O)OCc3cnco3)cc2)CC1. The van der Waals surface area contributed by atoms with Crippen LogP contribution in [0.15, 0.2) is 41.3 Å². The predicted octanol–water partition coefficient (Wildman–Crippen LogP) is 3.15. The first-order valence-corrected chi connectivity index (χ1v) is 8.28. The summed E-state index contributed by atoms with van der Waals surface area (Å²) in [6, 6.07) is 7.76. The molecule has 1 aromatic carbocycles. The van der Waals surface area contributed by atoms with Crippen LogP contribution in [0.5, 0.6) is 0 Å². The Morgan fingerprint density at radius 1 is 1.28 bits per heavy atom. The van der Waals surface area contributed by atoms with Crippen LogP contribution < -0.4 is 5.32 Å². The standard InChI is InChI=1S/C18H21N3O4/c1-13(22)21-8-6-15(7-9-21)14-2-4-16(5-3-14)20-18(23)24-11-17-10-19-12-25-17/h2-5,10,12,15H,6-9,11H2,1H3,(H,20,23). The van der Waals surface area contributed by atoms with E-state index in [1.54, 1.807) is 6.92 Å². The third kappa shape index (κ3) is 4.59. The van der Waals surface area contributed by atoms with E-state index in [2.05, 4.69) is 10.3 Å². The van der Waals surface area contributed by atoms with Gasteiger partial charge in [-0.2, -0.15) is 0 Å². The Morgan fingerprint density at radius 3 is 2.60 bits per heavy atom. The highest BCUT2D eigenvalue weighted by Crippen LogP contribution is 2.28. The van der Waals surface area contributed by atoms with Gasteiger partial charge < -0.3 is 14.1 Å². The second kappa shape index (κ2) is 7.83. The Morgan fingerprint density at radius 2 is 2.00 bits per heavy atom. The number of nitrogens with one attached hydrogen (secondary N) is 1. The number of nitrogens with zero attached hydrogens (tertiary/aromatic N) is 2. The average molecular weight is 343 g/mol. The Hall–Kier alpha value is -2.83. The molecule has 1 N–H and O–H groups in total. The Kier molecular flexibility index (Phi) is 5.33. The van der Waals surface area contributed by atoms with E-state index in [9.17, 15) is 9.59 Å². The van der Waals surface area contributed by atoms with Gasteiger partial charge in [-0.3, -0.25) is 10.1 Å². The van der Waals surface area contributed by atoms with Gasteiger partial charge in [0.05, 0.1) is 6.20 Å². The highest BCUT2D eigenvalue weighted by Gasteiger charge is 2.21. The molecular weight excluding hydrogens is 322 g/mol. The molecule has 1 saturated heterocycles. The summed E-state index contributed by atoms with van der Waals surface area (Å²) in [5, 5.41) is 2.68. The van der Waals surface area contributed by atoms with Crippen LogP contribution in [0.3, 0.4) is 0 Å². The van der Waals surface area contributed by atoms with Crippen LogP contribution in [0.2, 0.25) is 0 Å². The molecule has 132 valence electrons. The van der Waals surface area contributed by atoms with Crippen molar-refractivity contribution < 1.29 is 18.7 Å².